The smallest absolute Gasteiger partial charge is 0.341 e. The van der Waals surface area contributed by atoms with E-state index in [0.29, 0.717) is 23.3 Å². The van der Waals surface area contributed by atoms with E-state index in [-0.39, 0.29) is 22.6 Å². The minimum absolute atomic E-state index is 0.143. The fourth-order valence-corrected chi connectivity index (χ4v) is 4.69. The second-order valence-electron chi connectivity index (χ2n) is 7.74. The number of carboxylic acids is 1. The van der Waals surface area contributed by atoms with Crippen molar-refractivity contribution in [3.05, 3.63) is 16.0 Å². The Kier molecular flexibility index (Phi) is 7.40. The maximum atomic E-state index is 12.9. The van der Waals surface area contributed by atoms with Crippen molar-refractivity contribution in [2.24, 2.45) is 11.8 Å². The lowest BCUT2D eigenvalue weighted by atomic mass is 9.79. The molecule has 2 atom stereocenters. The molecule has 0 radical (unpaired) electrons. The van der Waals surface area contributed by atoms with E-state index in [2.05, 4.69) is 5.32 Å². The summed E-state index contributed by atoms with van der Waals surface area (Å²) >= 11 is 1.01. The number of hydrogen-bond donors (Lipinski definition) is 2. The predicted octanol–water partition coefficient (Wildman–Crippen LogP) is 3.15. The quantitative estimate of drug-likeness (QED) is 0.678. The number of nitrogens with zero attached hydrogens (tertiary/aromatic N) is 1. The van der Waals surface area contributed by atoms with Crippen molar-refractivity contribution in [2.75, 3.05) is 19.4 Å². The van der Waals surface area contributed by atoms with Crippen LogP contribution >= 0.6 is 11.3 Å². The topological polar surface area (TPSA) is 113 Å². The average Bonchev–Trinajstić information content (AvgIpc) is 2.96. The molecule has 1 saturated carbocycles. The van der Waals surface area contributed by atoms with Crippen LogP contribution in [0.15, 0.2) is 0 Å². The molecule has 1 heterocycles. The summed E-state index contributed by atoms with van der Waals surface area (Å²) in [4.78, 5) is 51.3. The van der Waals surface area contributed by atoms with E-state index in [4.69, 9.17) is 4.74 Å². The Hall–Kier alpha value is -2.42. The highest BCUT2D eigenvalue weighted by Gasteiger charge is 2.37. The number of thiophene rings is 1. The van der Waals surface area contributed by atoms with E-state index >= 15 is 0 Å². The Morgan fingerprint density at radius 3 is 2.24 bits per heavy atom. The van der Waals surface area contributed by atoms with E-state index in [1.54, 1.807) is 34.9 Å². The summed E-state index contributed by atoms with van der Waals surface area (Å²) in [5.74, 6) is -3.77. The molecule has 1 fully saturated rings. The van der Waals surface area contributed by atoms with Crippen molar-refractivity contribution in [1.29, 1.82) is 0 Å². The highest BCUT2D eigenvalue weighted by atomic mass is 32.1. The van der Waals surface area contributed by atoms with Gasteiger partial charge in [-0.15, -0.1) is 11.3 Å². The molecule has 0 aliphatic heterocycles. The van der Waals surface area contributed by atoms with E-state index in [0.717, 1.165) is 24.2 Å². The largest absolute Gasteiger partial charge is 0.481 e. The lowest BCUT2D eigenvalue weighted by Gasteiger charge is -2.27. The molecule has 29 heavy (non-hydrogen) atoms. The number of amides is 2. The van der Waals surface area contributed by atoms with Crippen molar-refractivity contribution in [2.45, 2.75) is 52.6 Å². The van der Waals surface area contributed by atoms with Gasteiger partial charge in [0.05, 0.1) is 28.4 Å². The Labute approximate surface area is 174 Å². The van der Waals surface area contributed by atoms with Gasteiger partial charge < -0.3 is 20.1 Å². The Balaban J connectivity index is 2.40. The third-order valence-electron chi connectivity index (χ3n) is 4.95. The van der Waals surface area contributed by atoms with Crippen LogP contribution in [0.4, 0.5) is 5.00 Å². The summed E-state index contributed by atoms with van der Waals surface area (Å²) in [6, 6.07) is 0. The molecule has 2 amide bonds. The van der Waals surface area contributed by atoms with E-state index in [9.17, 15) is 24.3 Å². The van der Waals surface area contributed by atoms with Crippen molar-refractivity contribution in [3.63, 3.8) is 0 Å². The monoisotopic (exact) mass is 424 g/mol. The van der Waals surface area contributed by atoms with Crippen LogP contribution in [-0.2, 0) is 14.3 Å². The summed E-state index contributed by atoms with van der Waals surface area (Å²) in [5, 5.41) is 12.4. The van der Waals surface area contributed by atoms with Crippen LogP contribution in [0.2, 0.25) is 0 Å². The number of aliphatic carboxylic acids is 1. The Morgan fingerprint density at radius 2 is 1.72 bits per heavy atom. The number of hydrogen-bond acceptors (Lipinski definition) is 6. The molecule has 9 heteroatoms. The molecule has 0 bridgehead atoms. The first-order valence-corrected chi connectivity index (χ1v) is 10.5. The molecule has 0 aromatic carbocycles. The van der Waals surface area contributed by atoms with Crippen molar-refractivity contribution in [1.82, 2.24) is 4.90 Å². The first-order chi connectivity index (χ1) is 13.5. The lowest BCUT2D eigenvalue weighted by molar-refractivity contribution is -0.147. The minimum atomic E-state index is -0.991. The van der Waals surface area contributed by atoms with Crippen LogP contribution in [0, 0.1) is 18.8 Å². The van der Waals surface area contributed by atoms with Crippen LogP contribution in [0.3, 0.4) is 0 Å². The van der Waals surface area contributed by atoms with Crippen molar-refractivity contribution in [3.8, 4) is 0 Å². The molecule has 1 aliphatic rings. The third kappa shape index (κ3) is 5.14. The molecule has 1 aromatic rings. The van der Waals surface area contributed by atoms with E-state index < -0.39 is 29.7 Å². The van der Waals surface area contributed by atoms with Crippen LogP contribution in [-0.4, -0.2) is 54.0 Å². The molecule has 0 spiro atoms. The fourth-order valence-electron chi connectivity index (χ4n) is 3.47. The molecule has 1 aliphatic carbocycles. The molecule has 160 valence electrons. The zero-order chi connectivity index (χ0) is 21.9. The predicted molar refractivity (Wildman–Crippen MR) is 109 cm³/mol. The Bertz CT molecular complexity index is 814. The SMILES string of the molecule is Cc1c(C(=O)N(C)C)sc(NC(=O)[C@@H]2CCCC[C@H]2C(=O)O)c1C(=O)OC(C)C. The molecule has 2 N–H and O–H groups in total. The third-order valence-corrected chi connectivity index (χ3v) is 6.15. The Morgan fingerprint density at radius 1 is 1.14 bits per heavy atom. The van der Waals surface area contributed by atoms with Gasteiger partial charge in [-0.2, -0.15) is 0 Å². The molecule has 2 rings (SSSR count). The number of esters is 1. The number of carbonyl (C=O) groups is 4. The number of carbonyl (C=O) groups excluding carboxylic acids is 3. The number of ether oxygens (including phenoxy) is 1. The van der Waals surface area contributed by atoms with Crippen LogP contribution < -0.4 is 5.32 Å². The van der Waals surface area contributed by atoms with Gasteiger partial charge in [0, 0.05) is 14.1 Å². The van der Waals surface area contributed by atoms with Gasteiger partial charge >= 0.3 is 11.9 Å². The van der Waals surface area contributed by atoms with Crippen LogP contribution in [0.5, 0.6) is 0 Å². The number of anilines is 1. The average molecular weight is 425 g/mol. The second kappa shape index (κ2) is 9.39. The molecular formula is C20H28N2O6S. The summed E-state index contributed by atoms with van der Waals surface area (Å²) in [6.45, 7) is 5.06. The van der Waals surface area contributed by atoms with Gasteiger partial charge in [0.1, 0.15) is 5.00 Å². The highest BCUT2D eigenvalue weighted by molar-refractivity contribution is 7.18. The zero-order valence-corrected chi connectivity index (χ0v) is 18.2. The van der Waals surface area contributed by atoms with Gasteiger partial charge in [0.15, 0.2) is 0 Å². The molecule has 0 unspecified atom stereocenters. The summed E-state index contributed by atoms with van der Waals surface area (Å²) in [6.07, 6.45) is 2.10. The highest BCUT2D eigenvalue weighted by Crippen LogP contribution is 2.37. The van der Waals surface area contributed by atoms with Gasteiger partial charge in [0.2, 0.25) is 5.91 Å². The molecule has 1 aromatic heterocycles. The second-order valence-corrected chi connectivity index (χ2v) is 8.76. The maximum absolute atomic E-state index is 12.9. The van der Waals surface area contributed by atoms with E-state index in [1.165, 1.54) is 4.90 Å². The van der Waals surface area contributed by atoms with Gasteiger partial charge in [-0.3, -0.25) is 14.4 Å². The molecular weight excluding hydrogens is 396 g/mol. The summed E-state index contributed by atoms with van der Waals surface area (Å²) in [5.41, 5.74) is 0.581. The zero-order valence-electron chi connectivity index (χ0n) is 17.4. The number of rotatable bonds is 6. The van der Waals surface area contributed by atoms with E-state index in [1.807, 2.05) is 0 Å². The summed E-state index contributed by atoms with van der Waals surface area (Å²) < 4.78 is 5.30. The van der Waals surface area contributed by atoms with Gasteiger partial charge in [0.25, 0.3) is 5.91 Å². The standard InChI is InChI=1S/C20H28N2O6S/c1-10(2)28-20(27)14-11(3)15(18(24)22(4)5)29-17(14)21-16(23)12-8-6-7-9-13(12)19(25)26/h10,12-13H,6-9H2,1-5H3,(H,21,23)(H,25,26)/t12-,13-/m1/s1. The molecule has 0 saturated heterocycles. The summed E-state index contributed by atoms with van der Waals surface area (Å²) in [7, 11) is 3.21. The minimum Gasteiger partial charge on any atom is -0.481 e. The van der Waals surface area contributed by atoms with Crippen LogP contribution in [0.1, 0.15) is 65.1 Å². The normalized spacial score (nSPS) is 19.0. The van der Waals surface area contributed by atoms with Gasteiger partial charge in [-0.1, -0.05) is 12.8 Å². The van der Waals surface area contributed by atoms with Gasteiger partial charge in [-0.05, 0) is 39.2 Å². The van der Waals surface area contributed by atoms with Crippen LogP contribution in [0.25, 0.3) is 0 Å². The first kappa shape index (κ1) is 22.9. The van der Waals surface area contributed by atoms with Crippen molar-refractivity contribution < 1.29 is 29.0 Å². The fraction of sp³-hybridized carbons (Fsp3) is 0.600. The number of carboxylic acid groups (broad SMARTS) is 1. The lowest BCUT2D eigenvalue weighted by Crippen LogP contribution is -2.36. The van der Waals surface area contributed by atoms with Crippen molar-refractivity contribution >= 4 is 40.1 Å². The number of nitrogens with one attached hydrogen (secondary N) is 1. The first-order valence-electron chi connectivity index (χ1n) is 9.64. The molecule has 8 nitrogen and oxygen atoms in total. The maximum Gasteiger partial charge on any atom is 0.341 e. The van der Waals surface area contributed by atoms with Gasteiger partial charge in [-0.25, -0.2) is 4.79 Å².